The van der Waals surface area contributed by atoms with Gasteiger partial charge in [0.05, 0.1) is 8.07 Å². The van der Waals surface area contributed by atoms with Gasteiger partial charge in [0, 0.05) is 0 Å². The Morgan fingerprint density at radius 3 is 1.75 bits per heavy atom. The molecule has 3 heteroatoms. The summed E-state index contributed by atoms with van der Waals surface area (Å²) in [4.78, 5) is 0. The molecule has 0 atom stereocenters. The van der Waals surface area contributed by atoms with Crippen molar-refractivity contribution in [3.63, 3.8) is 0 Å². The van der Waals surface area contributed by atoms with E-state index >= 15 is 0 Å². The molecule has 0 bridgehead atoms. The Balaban J connectivity index is 0.00000121. The van der Waals surface area contributed by atoms with Crippen molar-refractivity contribution in [3.8, 4) is 5.75 Å². The Kier molecular flexibility index (Phi) is 4.55. The van der Waals surface area contributed by atoms with Crippen LogP contribution in [0.2, 0.25) is 19.6 Å². The number of rotatable bonds is 1. The first-order chi connectivity index (χ1) is 5.00. The summed E-state index contributed by atoms with van der Waals surface area (Å²) in [5, 5.41) is 12.1. The third-order valence-corrected chi connectivity index (χ3v) is 3.79. The van der Waals surface area contributed by atoms with Gasteiger partial charge in [-0.15, -0.1) is 5.75 Å². The molecule has 1 aromatic rings. The molecule has 1 rings (SSSR count). The number of benzene rings is 1. The van der Waals surface area contributed by atoms with Gasteiger partial charge in [-0.3, -0.25) is 0 Å². The normalized spacial score (nSPS) is 10.6. The third-order valence-electron chi connectivity index (χ3n) is 1.72. The van der Waals surface area contributed by atoms with Gasteiger partial charge in [0.15, 0.2) is 0 Å². The molecule has 60 valence electrons. The van der Waals surface area contributed by atoms with Crippen LogP contribution in [0.25, 0.3) is 0 Å². The maximum atomic E-state index is 10.8. The van der Waals surface area contributed by atoms with Crippen LogP contribution in [-0.2, 0) is 0 Å². The molecular formula is C9H13NaOSi. The van der Waals surface area contributed by atoms with Crippen molar-refractivity contribution in [1.82, 2.24) is 0 Å². The molecule has 0 amide bonds. The molecule has 1 nitrogen and oxygen atoms in total. The molecule has 1 aromatic carbocycles. The molecule has 0 radical (unpaired) electrons. The maximum absolute atomic E-state index is 10.8. The van der Waals surface area contributed by atoms with Crippen LogP contribution in [0.4, 0.5) is 0 Å². The molecule has 0 aromatic heterocycles. The zero-order valence-electron chi connectivity index (χ0n) is 8.22. The molecule has 0 aliphatic heterocycles. The molecule has 0 unspecified atom stereocenters. The fourth-order valence-corrected chi connectivity index (χ4v) is 2.12. The zero-order valence-corrected chi connectivity index (χ0v) is 11.2. The van der Waals surface area contributed by atoms with Crippen molar-refractivity contribution in [1.29, 1.82) is 0 Å². The molecular weight excluding hydrogens is 175 g/mol. The van der Waals surface area contributed by atoms with E-state index in [2.05, 4.69) is 19.6 Å². The first-order valence-electron chi connectivity index (χ1n) is 3.78. The molecule has 0 aliphatic carbocycles. The van der Waals surface area contributed by atoms with Gasteiger partial charge in [-0.05, 0) is 0 Å². The SMILES string of the molecule is C[Si](C)(C)c1ccc([O-])cc1.[Na+]. The van der Waals surface area contributed by atoms with Gasteiger partial charge in [0.2, 0.25) is 0 Å². The molecule has 0 aliphatic rings. The first-order valence-corrected chi connectivity index (χ1v) is 7.28. The summed E-state index contributed by atoms with van der Waals surface area (Å²) in [5.41, 5.74) is 0. The van der Waals surface area contributed by atoms with Gasteiger partial charge in [0.1, 0.15) is 0 Å². The maximum Gasteiger partial charge on any atom is 1.00 e. The molecule has 0 saturated heterocycles. The molecule has 0 saturated carbocycles. The summed E-state index contributed by atoms with van der Waals surface area (Å²) >= 11 is 0. The summed E-state index contributed by atoms with van der Waals surface area (Å²) in [6.07, 6.45) is 0. The summed E-state index contributed by atoms with van der Waals surface area (Å²) < 4.78 is 0. The van der Waals surface area contributed by atoms with Crippen molar-refractivity contribution in [2.75, 3.05) is 0 Å². The summed E-state index contributed by atoms with van der Waals surface area (Å²) in [6.45, 7) is 6.81. The number of hydrogen-bond donors (Lipinski definition) is 0. The van der Waals surface area contributed by atoms with Crippen LogP contribution < -0.4 is 39.9 Å². The van der Waals surface area contributed by atoms with Crippen LogP contribution in [0.3, 0.4) is 0 Å². The molecule has 0 spiro atoms. The van der Waals surface area contributed by atoms with E-state index in [4.69, 9.17) is 0 Å². The fraction of sp³-hybridized carbons (Fsp3) is 0.333. The Bertz CT molecular complexity index is 238. The predicted molar refractivity (Wildman–Crippen MR) is 48.9 cm³/mol. The van der Waals surface area contributed by atoms with Gasteiger partial charge >= 0.3 is 29.6 Å². The van der Waals surface area contributed by atoms with E-state index in [1.807, 2.05) is 12.1 Å². The average molecular weight is 188 g/mol. The monoisotopic (exact) mass is 188 g/mol. The van der Waals surface area contributed by atoms with Gasteiger partial charge in [-0.2, -0.15) is 0 Å². The Morgan fingerprint density at radius 1 is 1.00 bits per heavy atom. The molecule has 0 N–H and O–H groups in total. The van der Waals surface area contributed by atoms with E-state index in [9.17, 15) is 5.11 Å². The average Bonchev–Trinajstić information content (AvgIpc) is 1.86. The minimum absolute atomic E-state index is 0. The van der Waals surface area contributed by atoms with Crippen molar-refractivity contribution in [2.45, 2.75) is 19.6 Å². The zero-order chi connectivity index (χ0) is 8.48. The smallest absolute Gasteiger partial charge is 0.872 e. The van der Waals surface area contributed by atoms with Crippen LogP contribution in [0.15, 0.2) is 24.3 Å². The summed E-state index contributed by atoms with van der Waals surface area (Å²) in [7, 11) is -1.20. The second kappa shape index (κ2) is 4.47. The number of hydrogen-bond acceptors (Lipinski definition) is 1. The van der Waals surface area contributed by atoms with Crippen LogP contribution in [-0.4, -0.2) is 8.07 Å². The minimum Gasteiger partial charge on any atom is -0.872 e. The van der Waals surface area contributed by atoms with Gasteiger partial charge in [-0.25, -0.2) is 0 Å². The van der Waals surface area contributed by atoms with E-state index < -0.39 is 8.07 Å². The quantitative estimate of drug-likeness (QED) is 0.482. The van der Waals surface area contributed by atoms with Crippen molar-refractivity contribution < 1.29 is 34.7 Å². The van der Waals surface area contributed by atoms with Crippen molar-refractivity contribution >= 4 is 13.3 Å². The molecule has 0 heterocycles. The summed E-state index contributed by atoms with van der Waals surface area (Å²) in [5.74, 6) is 0.104. The summed E-state index contributed by atoms with van der Waals surface area (Å²) in [6, 6.07) is 7.20. The standard InChI is InChI=1S/C9H14OSi.Na/c1-11(2,3)9-6-4-8(10)5-7-9;/h4-7,10H,1-3H3;/q;+1/p-1. The predicted octanol–water partition coefficient (Wildman–Crippen LogP) is -1.69. The van der Waals surface area contributed by atoms with E-state index in [0.29, 0.717) is 0 Å². The third kappa shape index (κ3) is 3.31. The van der Waals surface area contributed by atoms with Gasteiger partial charge in [-0.1, -0.05) is 49.1 Å². The largest absolute Gasteiger partial charge is 1.00 e. The van der Waals surface area contributed by atoms with Crippen LogP contribution >= 0.6 is 0 Å². The topological polar surface area (TPSA) is 23.1 Å². The fourth-order valence-electron chi connectivity index (χ4n) is 0.955. The second-order valence-electron chi connectivity index (χ2n) is 3.77. The van der Waals surface area contributed by atoms with Crippen LogP contribution in [0.5, 0.6) is 5.75 Å². The Morgan fingerprint density at radius 2 is 1.42 bits per heavy atom. The first kappa shape index (κ1) is 12.2. The van der Waals surface area contributed by atoms with E-state index in [0.717, 1.165) is 0 Å². The van der Waals surface area contributed by atoms with E-state index in [1.165, 1.54) is 5.19 Å². The van der Waals surface area contributed by atoms with Crippen LogP contribution in [0, 0.1) is 0 Å². The van der Waals surface area contributed by atoms with Gasteiger partial charge < -0.3 is 5.11 Å². The van der Waals surface area contributed by atoms with Crippen LogP contribution in [0.1, 0.15) is 0 Å². The van der Waals surface area contributed by atoms with Crippen molar-refractivity contribution in [2.24, 2.45) is 0 Å². The second-order valence-corrected chi connectivity index (χ2v) is 8.85. The Labute approximate surface area is 97.1 Å². The van der Waals surface area contributed by atoms with Gasteiger partial charge in [0.25, 0.3) is 0 Å². The van der Waals surface area contributed by atoms with Crippen molar-refractivity contribution in [3.05, 3.63) is 24.3 Å². The Hall–Kier alpha value is 0.237. The minimum atomic E-state index is -1.20. The molecule has 0 fully saturated rings. The van der Waals surface area contributed by atoms with E-state index in [1.54, 1.807) is 12.1 Å². The van der Waals surface area contributed by atoms with E-state index in [-0.39, 0.29) is 35.3 Å². The molecule has 12 heavy (non-hydrogen) atoms.